The van der Waals surface area contributed by atoms with Crippen LogP contribution in [0.2, 0.25) is 0 Å². The fourth-order valence-electron chi connectivity index (χ4n) is 3.88. The molecule has 2 heterocycles. The minimum atomic E-state index is -0.280. The number of nitrogens with zero attached hydrogens (tertiary/aromatic N) is 4. The van der Waals surface area contributed by atoms with Crippen molar-refractivity contribution in [2.24, 2.45) is 0 Å². The summed E-state index contributed by atoms with van der Waals surface area (Å²) in [6, 6.07) is 27.4. The van der Waals surface area contributed by atoms with Gasteiger partial charge in [-0.1, -0.05) is 49.4 Å². The number of hydrogen-bond acceptors (Lipinski definition) is 5. The number of thioether (sulfide) groups is 1. The van der Waals surface area contributed by atoms with Crippen LogP contribution in [-0.2, 0) is 0 Å². The van der Waals surface area contributed by atoms with Gasteiger partial charge in [0, 0.05) is 22.2 Å². The molecule has 0 radical (unpaired) electrons. The zero-order chi connectivity index (χ0) is 24.9. The number of benzene rings is 3. The summed E-state index contributed by atoms with van der Waals surface area (Å²) in [5.41, 5.74) is 3.84. The molecule has 1 N–H and O–H groups in total. The summed E-state index contributed by atoms with van der Waals surface area (Å²) in [5, 5.41) is 15.3. The van der Waals surface area contributed by atoms with E-state index < -0.39 is 0 Å². The van der Waals surface area contributed by atoms with Crippen LogP contribution in [0.15, 0.2) is 94.7 Å². The molecule has 176 valence electrons. The van der Waals surface area contributed by atoms with Gasteiger partial charge in [0.1, 0.15) is 6.07 Å². The monoisotopic (exact) mass is 489 g/mol. The molecule has 3 aromatic carbocycles. The predicted octanol–water partition coefficient (Wildman–Crippen LogP) is 6.34. The van der Waals surface area contributed by atoms with Crippen molar-refractivity contribution in [3.05, 3.63) is 107 Å². The van der Waals surface area contributed by atoms with Gasteiger partial charge in [0.05, 0.1) is 27.9 Å². The summed E-state index contributed by atoms with van der Waals surface area (Å²) >= 11 is 1.82. The van der Waals surface area contributed by atoms with Gasteiger partial charge in [0.25, 0.3) is 5.56 Å². The summed E-state index contributed by atoms with van der Waals surface area (Å²) in [6.45, 7) is 2.17. The van der Waals surface area contributed by atoms with E-state index in [0.717, 1.165) is 34.7 Å². The highest BCUT2D eigenvalue weighted by Gasteiger charge is 2.14. The molecule has 0 unspecified atom stereocenters. The van der Waals surface area contributed by atoms with E-state index in [2.05, 4.69) is 47.2 Å². The molecule has 2 aromatic heterocycles. The zero-order valence-corrected chi connectivity index (χ0v) is 20.5. The van der Waals surface area contributed by atoms with Crippen molar-refractivity contribution in [3.8, 4) is 23.0 Å². The zero-order valence-electron chi connectivity index (χ0n) is 19.7. The van der Waals surface area contributed by atoms with Crippen LogP contribution in [0.4, 0.5) is 0 Å². The summed E-state index contributed by atoms with van der Waals surface area (Å²) in [7, 11) is 0. The Balaban J connectivity index is 1.62. The summed E-state index contributed by atoms with van der Waals surface area (Å²) in [6.07, 6.45) is 4.74. The molecule has 0 saturated heterocycles. The Morgan fingerprint density at radius 2 is 1.81 bits per heavy atom. The molecule has 36 heavy (non-hydrogen) atoms. The van der Waals surface area contributed by atoms with Gasteiger partial charge in [-0.05, 0) is 54.6 Å². The number of hydrogen-bond donors (Lipinski definition) is 1. The quantitative estimate of drug-likeness (QED) is 0.213. The van der Waals surface area contributed by atoms with E-state index in [1.165, 1.54) is 4.90 Å². The van der Waals surface area contributed by atoms with Crippen molar-refractivity contribution < 1.29 is 0 Å². The number of fused-ring (bicyclic) bond motifs is 1. The second kappa shape index (κ2) is 10.5. The number of nitriles is 1. The molecule has 0 atom stereocenters. The highest BCUT2D eigenvalue weighted by molar-refractivity contribution is 7.99. The Hall–Kier alpha value is -4.41. The summed E-state index contributed by atoms with van der Waals surface area (Å²) < 4.78 is 1.80. The van der Waals surface area contributed by atoms with E-state index >= 15 is 0 Å². The number of aromatic nitrogens is 4. The number of H-pyrrole nitrogens is 1. The third-order valence-electron chi connectivity index (χ3n) is 5.65. The van der Waals surface area contributed by atoms with Crippen LogP contribution in [0, 0.1) is 11.3 Å². The first-order valence-electron chi connectivity index (χ1n) is 11.7. The number of para-hydroxylation sites is 2. The maximum Gasteiger partial charge on any atom is 0.259 e. The minimum Gasteiger partial charge on any atom is -0.305 e. The Morgan fingerprint density at radius 3 is 2.56 bits per heavy atom. The largest absolute Gasteiger partial charge is 0.305 e. The predicted molar refractivity (Wildman–Crippen MR) is 146 cm³/mol. The van der Waals surface area contributed by atoms with Crippen LogP contribution in [0.25, 0.3) is 39.5 Å². The van der Waals surface area contributed by atoms with Crippen molar-refractivity contribution in [2.75, 3.05) is 5.75 Å². The smallest absolute Gasteiger partial charge is 0.259 e. The maximum atomic E-state index is 12.6. The Bertz CT molecular complexity index is 1640. The van der Waals surface area contributed by atoms with E-state index in [-0.39, 0.29) is 17.0 Å². The molecule has 5 rings (SSSR count). The molecular formula is C29H23N5OS. The van der Waals surface area contributed by atoms with Crippen molar-refractivity contribution in [2.45, 2.75) is 18.2 Å². The molecule has 0 spiro atoms. The average molecular weight is 490 g/mol. The van der Waals surface area contributed by atoms with Crippen LogP contribution < -0.4 is 5.56 Å². The van der Waals surface area contributed by atoms with Crippen LogP contribution >= 0.6 is 11.8 Å². The molecule has 0 aliphatic carbocycles. The molecule has 7 heteroatoms. The number of rotatable bonds is 7. The first-order chi connectivity index (χ1) is 17.7. The minimum absolute atomic E-state index is 0.228. The van der Waals surface area contributed by atoms with Gasteiger partial charge < -0.3 is 4.98 Å². The molecule has 0 fully saturated rings. The topological polar surface area (TPSA) is 87.4 Å². The highest BCUT2D eigenvalue weighted by atomic mass is 32.2. The first kappa shape index (κ1) is 23.3. The third-order valence-corrected chi connectivity index (χ3v) is 6.87. The molecule has 0 saturated carbocycles. The van der Waals surface area contributed by atoms with Crippen LogP contribution in [-0.4, -0.2) is 25.5 Å². The highest BCUT2D eigenvalue weighted by Crippen LogP contribution is 2.29. The summed E-state index contributed by atoms with van der Waals surface area (Å²) in [4.78, 5) is 21.1. The van der Waals surface area contributed by atoms with Crippen LogP contribution in [0.1, 0.15) is 24.7 Å². The Morgan fingerprint density at radius 1 is 1.06 bits per heavy atom. The van der Waals surface area contributed by atoms with E-state index in [4.69, 9.17) is 5.10 Å². The van der Waals surface area contributed by atoms with E-state index in [1.54, 1.807) is 29.0 Å². The lowest BCUT2D eigenvalue weighted by Gasteiger charge is -2.04. The standard InChI is InChI=1S/C29H23N5OS/c1-2-16-36-24-14-12-20(13-15-24)27-22(19-34(33-27)23-8-4-3-5-9-23)17-21(18-30)28-31-26-11-7-6-10-25(26)29(35)32-28/h3-15,17,19H,2,16H2,1H3,(H,31,32,35)/b21-17-. The van der Waals surface area contributed by atoms with Gasteiger partial charge >= 0.3 is 0 Å². The number of allylic oxidation sites excluding steroid dienone is 1. The van der Waals surface area contributed by atoms with Gasteiger partial charge in [0.15, 0.2) is 5.82 Å². The average Bonchev–Trinajstić information content (AvgIpc) is 3.35. The fourth-order valence-corrected chi connectivity index (χ4v) is 4.65. The van der Waals surface area contributed by atoms with Crippen molar-refractivity contribution in [3.63, 3.8) is 0 Å². The molecular weight excluding hydrogens is 466 g/mol. The SMILES string of the molecule is CCCSc1ccc(-c2nn(-c3ccccc3)cc2/C=C(/C#N)c2nc3ccccc3c(=O)[nH]2)cc1. The second-order valence-electron chi connectivity index (χ2n) is 8.19. The van der Waals surface area contributed by atoms with Gasteiger partial charge in [-0.15, -0.1) is 11.8 Å². The molecule has 5 aromatic rings. The molecule has 0 aliphatic rings. The number of nitrogens with one attached hydrogen (secondary N) is 1. The summed E-state index contributed by atoms with van der Waals surface area (Å²) in [5.74, 6) is 1.30. The van der Waals surface area contributed by atoms with Gasteiger partial charge in [0.2, 0.25) is 0 Å². The lowest BCUT2D eigenvalue weighted by molar-refractivity contribution is 0.884. The second-order valence-corrected chi connectivity index (χ2v) is 9.36. The molecule has 0 amide bonds. The van der Waals surface area contributed by atoms with Gasteiger partial charge in [-0.25, -0.2) is 9.67 Å². The third kappa shape index (κ3) is 4.85. The number of aromatic amines is 1. The lowest BCUT2D eigenvalue weighted by atomic mass is 10.1. The maximum absolute atomic E-state index is 12.6. The molecule has 0 bridgehead atoms. The first-order valence-corrected chi connectivity index (χ1v) is 12.6. The van der Waals surface area contributed by atoms with Crippen molar-refractivity contribution in [1.82, 2.24) is 19.7 Å². The van der Waals surface area contributed by atoms with E-state index in [1.807, 2.05) is 54.4 Å². The van der Waals surface area contributed by atoms with Crippen LogP contribution in [0.5, 0.6) is 0 Å². The van der Waals surface area contributed by atoms with Gasteiger partial charge in [-0.3, -0.25) is 4.79 Å². The molecule has 6 nitrogen and oxygen atoms in total. The normalized spacial score (nSPS) is 11.5. The Labute approximate surface area is 213 Å². The fraction of sp³-hybridized carbons (Fsp3) is 0.103. The lowest BCUT2D eigenvalue weighted by Crippen LogP contribution is -2.11. The van der Waals surface area contributed by atoms with Crippen LogP contribution in [0.3, 0.4) is 0 Å². The van der Waals surface area contributed by atoms with E-state index in [9.17, 15) is 10.1 Å². The van der Waals surface area contributed by atoms with Crippen molar-refractivity contribution >= 4 is 34.3 Å². The Kier molecular flexibility index (Phi) is 6.78. The van der Waals surface area contributed by atoms with Crippen molar-refractivity contribution in [1.29, 1.82) is 5.26 Å². The molecule has 0 aliphatic heterocycles. The van der Waals surface area contributed by atoms with Gasteiger partial charge in [-0.2, -0.15) is 10.4 Å². The van der Waals surface area contributed by atoms with E-state index in [0.29, 0.717) is 10.9 Å².